The molecule has 0 fully saturated rings. The third kappa shape index (κ3) is 4.54. The topological polar surface area (TPSA) is 0 Å². The molecule has 0 saturated heterocycles. The Balaban J connectivity index is 4.17. The van der Waals surface area contributed by atoms with Crippen LogP contribution in [-0.4, -0.2) is 3.90 Å². The maximum atomic E-state index is 5.47. The van der Waals surface area contributed by atoms with Gasteiger partial charge < -0.3 is 0 Å². The van der Waals surface area contributed by atoms with E-state index in [1.165, 1.54) is 28.8 Å². The summed E-state index contributed by atoms with van der Waals surface area (Å²) in [6.45, 7) is 11.6. The quantitative estimate of drug-likeness (QED) is 0.539. The minimum absolute atomic E-state index is 0.883. The van der Waals surface area contributed by atoms with Crippen LogP contribution in [0.4, 0.5) is 0 Å². The molecule has 0 spiro atoms. The normalized spacial score (nSPS) is 11.2. The molecule has 0 aliphatic heterocycles. The number of hydrogen-bond acceptors (Lipinski definition) is 0. The van der Waals surface area contributed by atoms with E-state index in [0.717, 1.165) is 5.57 Å². The van der Waals surface area contributed by atoms with Gasteiger partial charge in [-0.1, -0.05) is 0 Å². The van der Waals surface area contributed by atoms with Gasteiger partial charge in [-0.05, 0) is 0 Å². The fourth-order valence-corrected chi connectivity index (χ4v) is 0.655. The van der Waals surface area contributed by atoms with Gasteiger partial charge in [0.05, 0.1) is 0 Å². The molecule has 0 aromatic heterocycles. The molecule has 0 atom stereocenters. The molecule has 0 aromatic rings. The predicted molar refractivity (Wildman–Crippen MR) is 37.9 cm³/mol. The fraction of sp³-hybridized carbons (Fsp3) is 0.375. The molecular formula is C8H11W-. The van der Waals surface area contributed by atoms with E-state index in [1.54, 1.807) is 0 Å². The van der Waals surface area contributed by atoms with Crippen LogP contribution in [0.1, 0.15) is 20.8 Å². The van der Waals surface area contributed by atoms with Crippen LogP contribution in [0.5, 0.6) is 0 Å². The van der Waals surface area contributed by atoms with Crippen LogP contribution in [0.3, 0.4) is 0 Å². The summed E-state index contributed by atoms with van der Waals surface area (Å²) in [5.41, 5.74) is 2.18. The summed E-state index contributed by atoms with van der Waals surface area (Å²) < 4.78 is 1.40. The SMILES string of the molecule is [CH-]=C(C)/C=C(/C)[C](C)=[W]. The Morgan fingerprint density at radius 2 is 1.78 bits per heavy atom. The first-order valence-electron chi connectivity index (χ1n) is 2.82. The first-order valence-corrected chi connectivity index (χ1v) is 4.29. The van der Waals surface area contributed by atoms with Crippen LogP contribution in [0.15, 0.2) is 17.2 Å². The molecule has 0 bridgehead atoms. The van der Waals surface area contributed by atoms with E-state index in [4.69, 9.17) is 6.58 Å². The van der Waals surface area contributed by atoms with Crippen LogP contribution in [0.25, 0.3) is 0 Å². The Morgan fingerprint density at radius 3 is 1.89 bits per heavy atom. The van der Waals surface area contributed by atoms with Crippen LogP contribution < -0.4 is 0 Å². The summed E-state index contributed by atoms with van der Waals surface area (Å²) in [7, 11) is 0. The molecule has 0 aromatic carbocycles. The first-order chi connectivity index (χ1) is 4.04. The van der Waals surface area contributed by atoms with Crippen LogP contribution >= 0.6 is 0 Å². The zero-order valence-corrected chi connectivity index (χ0v) is 9.00. The molecule has 1 heteroatoms. The van der Waals surface area contributed by atoms with Gasteiger partial charge in [0.25, 0.3) is 0 Å². The summed E-state index contributed by atoms with van der Waals surface area (Å²) >= 11 is 1.51. The van der Waals surface area contributed by atoms with Crippen molar-refractivity contribution in [3.63, 3.8) is 0 Å². The van der Waals surface area contributed by atoms with E-state index in [1.807, 2.05) is 13.0 Å². The third-order valence-corrected chi connectivity index (χ3v) is 2.16. The third-order valence-electron chi connectivity index (χ3n) is 1.000. The van der Waals surface area contributed by atoms with Crippen LogP contribution in [-0.2, 0) is 19.4 Å². The summed E-state index contributed by atoms with van der Waals surface area (Å²) in [6.07, 6.45) is 2.00. The van der Waals surface area contributed by atoms with E-state index in [2.05, 4.69) is 13.8 Å². The Hall–Kier alpha value is 0.0383. The molecule has 0 amide bonds. The number of rotatable bonds is 2. The molecule has 0 aliphatic rings. The molecule has 0 aliphatic carbocycles. The number of hydrogen-bond donors (Lipinski definition) is 0. The fourth-order valence-electron chi connectivity index (χ4n) is 0.443. The molecule has 9 heavy (non-hydrogen) atoms. The van der Waals surface area contributed by atoms with Gasteiger partial charge in [0, 0.05) is 0 Å². The van der Waals surface area contributed by atoms with Crippen LogP contribution in [0.2, 0.25) is 0 Å². The Morgan fingerprint density at radius 1 is 1.33 bits per heavy atom. The average molecular weight is 291 g/mol. The Bertz CT molecular complexity index is 163. The van der Waals surface area contributed by atoms with Crippen molar-refractivity contribution in [1.29, 1.82) is 0 Å². The Kier molecular flexibility index (Phi) is 3.97. The second-order valence-electron chi connectivity index (χ2n) is 2.13. The van der Waals surface area contributed by atoms with E-state index < -0.39 is 0 Å². The van der Waals surface area contributed by atoms with Gasteiger partial charge in [-0.25, -0.2) is 0 Å². The zero-order chi connectivity index (χ0) is 7.44. The van der Waals surface area contributed by atoms with Crippen molar-refractivity contribution in [2.24, 2.45) is 0 Å². The molecule has 0 N–H and O–H groups in total. The van der Waals surface area contributed by atoms with Crippen molar-refractivity contribution >= 4 is 3.90 Å². The van der Waals surface area contributed by atoms with E-state index in [9.17, 15) is 0 Å². The molecule has 50 valence electrons. The Labute approximate surface area is 68.1 Å². The molecule has 0 heterocycles. The second-order valence-corrected chi connectivity index (χ2v) is 4.33. The van der Waals surface area contributed by atoms with Crippen molar-refractivity contribution in [1.82, 2.24) is 0 Å². The van der Waals surface area contributed by atoms with Gasteiger partial charge >= 0.3 is 67.8 Å². The van der Waals surface area contributed by atoms with Crippen molar-refractivity contribution in [2.45, 2.75) is 20.8 Å². The minimum atomic E-state index is 0.883. The van der Waals surface area contributed by atoms with Gasteiger partial charge in [-0.15, -0.1) is 0 Å². The van der Waals surface area contributed by atoms with Gasteiger partial charge in [-0.2, -0.15) is 0 Å². The van der Waals surface area contributed by atoms with E-state index in [0.29, 0.717) is 0 Å². The van der Waals surface area contributed by atoms with Gasteiger partial charge in [0.1, 0.15) is 0 Å². The molecule has 0 unspecified atom stereocenters. The average Bonchev–Trinajstić information content (AvgIpc) is 1.63. The second kappa shape index (κ2) is 3.95. The van der Waals surface area contributed by atoms with Crippen molar-refractivity contribution in [2.75, 3.05) is 0 Å². The standard InChI is InChI=1S/C8H11.W/c1-5-8(4)6-7(2)3;/h2,6H,1,3-4H3;/q-1;/b8-6-;. The number of allylic oxidation sites excluding steroid dienone is 3. The van der Waals surface area contributed by atoms with Gasteiger partial charge in [0.2, 0.25) is 0 Å². The van der Waals surface area contributed by atoms with Crippen LogP contribution in [0, 0.1) is 6.58 Å². The zero-order valence-electron chi connectivity index (χ0n) is 6.06. The summed E-state index contributed by atoms with van der Waals surface area (Å²) in [4.78, 5) is 0. The van der Waals surface area contributed by atoms with Crippen molar-refractivity contribution in [3.8, 4) is 0 Å². The van der Waals surface area contributed by atoms with Crippen molar-refractivity contribution < 1.29 is 19.4 Å². The summed E-state index contributed by atoms with van der Waals surface area (Å²) in [5.74, 6) is 0. The molecule has 0 nitrogen and oxygen atoms in total. The van der Waals surface area contributed by atoms with Crippen molar-refractivity contribution in [3.05, 3.63) is 23.8 Å². The summed E-state index contributed by atoms with van der Waals surface area (Å²) in [5, 5.41) is 0. The maximum absolute atomic E-state index is 5.47. The monoisotopic (exact) mass is 291 g/mol. The summed E-state index contributed by atoms with van der Waals surface area (Å²) in [6, 6.07) is 0. The van der Waals surface area contributed by atoms with E-state index >= 15 is 0 Å². The molecule has 0 saturated carbocycles. The molecule has 0 radical (unpaired) electrons. The molecular weight excluding hydrogens is 280 g/mol. The van der Waals surface area contributed by atoms with Gasteiger partial charge in [0.15, 0.2) is 0 Å². The predicted octanol–water partition coefficient (Wildman–Crippen LogP) is 2.05. The van der Waals surface area contributed by atoms with Gasteiger partial charge in [-0.3, -0.25) is 0 Å². The first kappa shape index (κ1) is 9.04. The molecule has 0 rings (SSSR count). The van der Waals surface area contributed by atoms with E-state index in [-0.39, 0.29) is 0 Å².